The lowest BCUT2D eigenvalue weighted by Gasteiger charge is -2.26. The van der Waals surface area contributed by atoms with E-state index in [-0.39, 0.29) is 18.1 Å². The summed E-state index contributed by atoms with van der Waals surface area (Å²) >= 11 is 3.59. The highest BCUT2D eigenvalue weighted by atomic mass is 79.9. The molecule has 1 fully saturated rings. The molecule has 0 aromatic heterocycles. The molecule has 1 amide bonds. The molecule has 0 bridgehead atoms. The summed E-state index contributed by atoms with van der Waals surface area (Å²) in [4.78, 5) is 14.4. The number of hydrogen-bond donors (Lipinski definition) is 2. The molecule has 0 spiro atoms. The maximum atomic E-state index is 12.0. The largest absolute Gasteiger partial charge is 0.493 e. The van der Waals surface area contributed by atoms with E-state index in [4.69, 9.17) is 14.2 Å². The van der Waals surface area contributed by atoms with Crippen LogP contribution < -0.4 is 20.1 Å². The number of rotatable bonds is 9. The fourth-order valence-corrected chi connectivity index (χ4v) is 3.33. The highest BCUT2D eigenvalue weighted by Crippen LogP contribution is 2.33. The maximum Gasteiger partial charge on any atom is 0.258 e. The van der Waals surface area contributed by atoms with Crippen LogP contribution in [0.4, 0.5) is 0 Å². The van der Waals surface area contributed by atoms with Crippen LogP contribution in [0, 0.1) is 0 Å². The fourth-order valence-electron chi connectivity index (χ4n) is 2.87. The van der Waals surface area contributed by atoms with Crippen LogP contribution in [0.5, 0.6) is 11.5 Å². The number of halogens is 1. The van der Waals surface area contributed by atoms with Gasteiger partial charge in [-0.1, -0.05) is 15.9 Å². The van der Waals surface area contributed by atoms with Gasteiger partial charge in [-0.3, -0.25) is 9.69 Å². The summed E-state index contributed by atoms with van der Waals surface area (Å²) in [7, 11) is 1.60. The number of benzene rings is 1. The molecule has 0 radical (unpaired) electrons. The third-order valence-corrected chi connectivity index (χ3v) is 4.97. The SMILES string of the molecule is COc1cc(CNCCN2CCOCC2)c(Br)cc1OCC(=O)NC(C)(C)C. The highest BCUT2D eigenvalue weighted by Gasteiger charge is 2.16. The van der Waals surface area contributed by atoms with Crippen molar-refractivity contribution in [1.29, 1.82) is 0 Å². The first-order valence-electron chi connectivity index (χ1n) is 9.59. The van der Waals surface area contributed by atoms with Crippen LogP contribution in [0.2, 0.25) is 0 Å². The molecule has 0 atom stereocenters. The minimum Gasteiger partial charge on any atom is -0.493 e. The Labute approximate surface area is 176 Å². The maximum absolute atomic E-state index is 12.0. The lowest BCUT2D eigenvalue weighted by atomic mass is 10.1. The summed E-state index contributed by atoms with van der Waals surface area (Å²) < 4.78 is 17.4. The van der Waals surface area contributed by atoms with Gasteiger partial charge < -0.3 is 24.8 Å². The van der Waals surface area contributed by atoms with Crippen LogP contribution in [0.3, 0.4) is 0 Å². The molecular weight excluding hydrogens is 426 g/mol. The lowest BCUT2D eigenvalue weighted by Crippen LogP contribution is -2.43. The summed E-state index contributed by atoms with van der Waals surface area (Å²) in [5, 5.41) is 6.34. The van der Waals surface area contributed by atoms with Crippen molar-refractivity contribution in [2.24, 2.45) is 0 Å². The van der Waals surface area contributed by atoms with E-state index in [2.05, 4.69) is 31.5 Å². The van der Waals surface area contributed by atoms with Crippen molar-refractivity contribution in [3.05, 3.63) is 22.2 Å². The van der Waals surface area contributed by atoms with E-state index in [9.17, 15) is 4.79 Å². The Morgan fingerprint density at radius 1 is 1.25 bits per heavy atom. The van der Waals surface area contributed by atoms with Gasteiger partial charge in [0.2, 0.25) is 0 Å². The monoisotopic (exact) mass is 457 g/mol. The van der Waals surface area contributed by atoms with Crippen molar-refractivity contribution < 1.29 is 19.0 Å². The van der Waals surface area contributed by atoms with Crippen molar-refractivity contribution >= 4 is 21.8 Å². The van der Waals surface area contributed by atoms with Gasteiger partial charge in [-0.05, 0) is 38.5 Å². The van der Waals surface area contributed by atoms with Gasteiger partial charge in [-0.25, -0.2) is 0 Å². The van der Waals surface area contributed by atoms with Crippen LogP contribution in [-0.2, 0) is 16.1 Å². The first-order chi connectivity index (χ1) is 13.3. The standard InChI is InChI=1S/C20H32BrN3O4/c1-20(2,3)23-19(25)14-28-18-12-16(21)15(11-17(18)26-4)13-22-5-6-24-7-9-27-10-8-24/h11-12,22H,5-10,13-14H2,1-4H3,(H,23,25). The molecule has 1 aromatic carbocycles. The third-order valence-electron chi connectivity index (χ3n) is 4.23. The van der Waals surface area contributed by atoms with Crippen LogP contribution in [-0.4, -0.2) is 69.5 Å². The van der Waals surface area contributed by atoms with Crippen LogP contribution >= 0.6 is 15.9 Å². The predicted molar refractivity (Wildman–Crippen MR) is 113 cm³/mol. The van der Waals surface area contributed by atoms with E-state index in [1.54, 1.807) is 7.11 Å². The van der Waals surface area contributed by atoms with Crippen LogP contribution in [0.15, 0.2) is 16.6 Å². The molecule has 1 saturated heterocycles. The molecule has 1 aromatic rings. The Morgan fingerprint density at radius 3 is 2.61 bits per heavy atom. The number of methoxy groups -OCH3 is 1. The predicted octanol–water partition coefficient (Wildman–Crippen LogP) is 2.17. The number of carbonyl (C=O) groups excluding carboxylic acids is 1. The summed E-state index contributed by atoms with van der Waals surface area (Å²) in [6.45, 7) is 12.0. The topological polar surface area (TPSA) is 72.1 Å². The van der Waals surface area contributed by atoms with Gasteiger partial charge in [-0.2, -0.15) is 0 Å². The molecule has 0 aliphatic carbocycles. The normalized spacial score (nSPS) is 15.3. The Hall–Kier alpha value is -1.35. The van der Waals surface area contributed by atoms with Gasteiger partial charge in [0.1, 0.15) is 0 Å². The number of nitrogens with zero attached hydrogens (tertiary/aromatic N) is 1. The zero-order chi connectivity index (χ0) is 20.6. The molecular formula is C20H32BrN3O4. The van der Waals surface area contributed by atoms with E-state index in [0.717, 1.165) is 49.4 Å². The van der Waals surface area contributed by atoms with E-state index < -0.39 is 0 Å². The Kier molecular flexibility index (Phi) is 9.01. The van der Waals surface area contributed by atoms with Gasteiger partial charge >= 0.3 is 0 Å². The van der Waals surface area contributed by atoms with Crippen molar-refractivity contribution in [1.82, 2.24) is 15.5 Å². The van der Waals surface area contributed by atoms with Crippen LogP contribution in [0.25, 0.3) is 0 Å². The molecule has 158 valence electrons. The molecule has 0 unspecified atom stereocenters. The summed E-state index contributed by atoms with van der Waals surface area (Å²) in [5.74, 6) is 0.978. The van der Waals surface area contributed by atoms with Gasteiger partial charge in [0.15, 0.2) is 18.1 Å². The first-order valence-corrected chi connectivity index (χ1v) is 10.4. The summed E-state index contributed by atoms with van der Waals surface area (Å²) in [6, 6.07) is 3.78. The van der Waals surface area contributed by atoms with Crippen molar-refractivity contribution in [2.75, 3.05) is 53.1 Å². The fraction of sp³-hybridized carbons (Fsp3) is 0.650. The Bertz CT molecular complexity index is 643. The van der Waals surface area contributed by atoms with Gasteiger partial charge in [0.05, 0.1) is 20.3 Å². The average Bonchev–Trinajstić information content (AvgIpc) is 2.64. The van der Waals surface area contributed by atoms with Crippen LogP contribution in [0.1, 0.15) is 26.3 Å². The highest BCUT2D eigenvalue weighted by molar-refractivity contribution is 9.10. The van der Waals surface area contributed by atoms with Crippen molar-refractivity contribution in [2.45, 2.75) is 32.9 Å². The minimum absolute atomic E-state index is 0.0583. The van der Waals surface area contributed by atoms with Gasteiger partial charge in [-0.15, -0.1) is 0 Å². The first kappa shape index (κ1) is 22.9. The smallest absolute Gasteiger partial charge is 0.258 e. The number of hydrogen-bond acceptors (Lipinski definition) is 6. The second-order valence-electron chi connectivity index (χ2n) is 7.81. The molecule has 1 heterocycles. The number of amides is 1. The lowest BCUT2D eigenvalue weighted by molar-refractivity contribution is -0.124. The molecule has 1 aliphatic rings. The second-order valence-corrected chi connectivity index (χ2v) is 8.67. The van der Waals surface area contributed by atoms with Crippen molar-refractivity contribution in [3.8, 4) is 11.5 Å². The zero-order valence-electron chi connectivity index (χ0n) is 17.3. The zero-order valence-corrected chi connectivity index (χ0v) is 18.9. The molecule has 2 rings (SSSR count). The van der Waals surface area contributed by atoms with E-state index >= 15 is 0 Å². The Balaban J connectivity index is 1.86. The quantitative estimate of drug-likeness (QED) is 0.553. The van der Waals surface area contributed by atoms with Gasteiger partial charge in [0.25, 0.3) is 5.91 Å². The second kappa shape index (κ2) is 11.0. The number of morpholine rings is 1. The molecule has 0 saturated carbocycles. The van der Waals surface area contributed by atoms with E-state index in [1.165, 1.54) is 0 Å². The number of carbonyl (C=O) groups is 1. The third kappa shape index (κ3) is 7.95. The summed E-state index contributed by atoms with van der Waals surface area (Å²) in [5.41, 5.74) is 0.785. The van der Waals surface area contributed by atoms with Crippen molar-refractivity contribution in [3.63, 3.8) is 0 Å². The number of nitrogens with one attached hydrogen (secondary N) is 2. The molecule has 2 N–H and O–H groups in total. The number of ether oxygens (including phenoxy) is 3. The molecule has 8 heteroatoms. The molecule has 28 heavy (non-hydrogen) atoms. The minimum atomic E-state index is -0.290. The Morgan fingerprint density at radius 2 is 1.96 bits per heavy atom. The van der Waals surface area contributed by atoms with E-state index in [0.29, 0.717) is 18.0 Å². The molecule has 1 aliphatic heterocycles. The summed E-state index contributed by atoms with van der Waals surface area (Å²) in [6.07, 6.45) is 0. The van der Waals surface area contributed by atoms with Gasteiger partial charge in [0, 0.05) is 42.7 Å². The molecule has 7 nitrogen and oxygen atoms in total. The van der Waals surface area contributed by atoms with E-state index in [1.807, 2.05) is 32.9 Å². The average molecular weight is 458 g/mol.